The van der Waals surface area contributed by atoms with E-state index in [1.165, 1.54) is 6.08 Å². The highest BCUT2D eigenvalue weighted by atomic mass is 19.4. The molecule has 0 unspecified atom stereocenters. The Labute approximate surface area is 74.1 Å². The zero-order chi connectivity index (χ0) is 10.3. The van der Waals surface area contributed by atoms with Crippen molar-refractivity contribution in [3.63, 3.8) is 0 Å². The van der Waals surface area contributed by atoms with E-state index in [-0.39, 0.29) is 6.54 Å². The minimum absolute atomic E-state index is 0.0251. The average Bonchev–Trinajstić information content (AvgIpc) is 2.02. The van der Waals surface area contributed by atoms with Crippen LogP contribution in [0.4, 0.5) is 13.2 Å². The molecular formula is C8H10F3NO. The Kier molecular flexibility index (Phi) is 4.87. The first kappa shape index (κ1) is 11.7. The van der Waals surface area contributed by atoms with Crippen LogP contribution in [0.1, 0.15) is 6.42 Å². The topological polar surface area (TPSA) is 29.1 Å². The summed E-state index contributed by atoms with van der Waals surface area (Å²) in [6.07, 6.45) is 0.283. The maximum atomic E-state index is 11.6. The molecule has 0 aromatic carbocycles. The van der Waals surface area contributed by atoms with Gasteiger partial charge >= 0.3 is 12.1 Å². The third-order valence-electron chi connectivity index (χ3n) is 1.13. The molecule has 0 aliphatic heterocycles. The molecule has 0 aromatic rings. The number of rotatable bonds is 4. The lowest BCUT2D eigenvalue weighted by molar-refractivity contribution is -0.173. The van der Waals surface area contributed by atoms with E-state index < -0.39 is 12.1 Å². The van der Waals surface area contributed by atoms with Crippen LogP contribution in [-0.2, 0) is 4.79 Å². The Morgan fingerprint density at radius 2 is 2.08 bits per heavy atom. The molecule has 5 heteroatoms. The summed E-state index contributed by atoms with van der Waals surface area (Å²) < 4.78 is 34.7. The Balaban J connectivity index is 3.60. The largest absolute Gasteiger partial charge is 0.471 e. The van der Waals surface area contributed by atoms with Crippen LogP contribution in [0.3, 0.4) is 0 Å². The van der Waals surface area contributed by atoms with Gasteiger partial charge in [0.05, 0.1) is 0 Å². The zero-order valence-electron chi connectivity index (χ0n) is 6.90. The maximum absolute atomic E-state index is 11.6. The Bertz CT molecular complexity index is 208. The van der Waals surface area contributed by atoms with Gasteiger partial charge in [0.15, 0.2) is 0 Å². The highest BCUT2D eigenvalue weighted by molar-refractivity contribution is 5.81. The van der Waals surface area contributed by atoms with Crippen molar-refractivity contribution in [2.45, 2.75) is 12.6 Å². The number of nitrogens with one attached hydrogen (secondary N) is 1. The van der Waals surface area contributed by atoms with Crippen molar-refractivity contribution in [2.75, 3.05) is 6.54 Å². The van der Waals surface area contributed by atoms with Gasteiger partial charge in [0.2, 0.25) is 0 Å². The standard InChI is InChI=1S/C8H10F3NO/c1-2-3-4-5-6-12-7(13)8(9,10)11/h2-4H,1,5-6H2,(H,12,13)/b4-3+. The Hall–Kier alpha value is -1.26. The van der Waals surface area contributed by atoms with E-state index in [0.29, 0.717) is 6.42 Å². The van der Waals surface area contributed by atoms with Crippen LogP contribution in [0, 0.1) is 0 Å². The van der Waals surface area contributed by atoms with E-state index in [1.54, 1.807) is 17.5 Å². The molecule has 0 saturated heterocycles. The summed E-state index contributed by atoms with van der Waals surface area (Å²) in [6, 6.07) is 0. The first-order chi connectivity index (χ1) is 5.98. The lowest BCUT2D eigenvalue weighted by Gasteiger charge is -2.05. The highest BCUT2D eigenvalue weighted by Gasteiger charge is 2.37. The number of hydrogen-bond acceptors (Lipinski definition) is 1. The van der Waals surface area contributed by atoms with Crippen molar-refractivity contribution >= 4 is 5.91 Å². The van der Waals surface area contributed by atoms with Gasteiger partial charge in [-0.25, -0.2) is 0 Å². The predicted molar refractivity (Wildman–Crippen MR) is 43.0 cm³/mol. The average molecular weight is 193 g/mol. The van der Waals surface area contributed by atoms with Gasteiger partial charge in [0, 0.05) is 6.54 Å². The van der Waals surface area contributed by atoms with E-state index in [0.717, 1.165) is 0 Å². The number of alkyl halides is 3. The molecule has 0 fully saturated rings. The lowest BCUT2D eigenvalue weighted by Crippen LogP contribution is -2.37. The summed E-state index contributed by atoms with van der Waals surface area (Å²) in [6.45, 7) is 3.35. The van der Waals surface area contributed by atoms with Crippen molar-refractivity contribution < 1.29 is 18.0 Å². The van der Waals surface area contributed by atoms with Crippen LogP contribution in [0.25, 0.3) is 0 Å². The summed E-state index contributed by atoms with van der Waals surface area (Å²) in [7, 11) is 0. The molecule has 0 radical (unpaired) electrons. The Morgan fingerprint density at radius 1 is 1.46 bits per heavy atom. The van der Waals surface area contributed by atoms with Gasteiger partial charge in [-0.1, -0.05) is 24.8 Å². The number of allylic oxidation sites excluding steroid dienone is 2. The molecule has 0 rings (SSSR count). The van der Waals surface area contributed by atoms with Gasteiger partial charge in [0.25, 0.3) is 0 Å². The molecular weight excluding hydrogens is 183 g/mol. The fourth-order valence-corrected chi connectivity index (χ4v) is 0.562. The first-order valence-corrected chi connectivity index (χ1v) is 3.61. The van der Waals surface area contributed by atoms with Gasteiger partial charge in [-0.05, 0) is 6.42 Å². The normalized spacial score (nSPS) is 11.6. The fourth-order valence-electron chi connectivity index (χ4n) is 0.562. The predicted octanol–water partition coefficient (Wildman–Crippen LogP) is 1.80. The summed E-state index contributed by atoms with van der Waals surface area (Å²) in [5, 5.41) is 1.73. The summed E-state index contributed by atoms with van der Waals surface area (Å²) in [4.78, 5) is 10.2. The van der Waals surface area contributed by atoms with Crippen molar-refractivity contribution in [1.82, 2.24) is 5.32 Å². The smallest absolute Gasteiger partial charge is 0.348 e. The molecule has 2 nitrogen and oxygen atoms in total. The maximum Gasteiger partial charge on any atom is 0.471 e. The third kappa shape index (κ3) is 5.95. The second-order valence-corrected chi connectivity index (χ2v) is 2.21. The van der Waals surface area contributed by atoms with Crippen molar-refractivity contribution in [3.8, 4) is 0 Å². The number of carbonyl (C=O) groups is 1. The SMILES string of the molecule is C=C/C=C/CCNC(=O)C(F)(F)F. The van der Waals surface area contributed by atoms with Crippen LogP contribution in [0.2, 0.25) is 0 Å². The number of halogens is 3. The van der Waals surface area contributed by atoms with Gasteiger partial charge < -0.3 is 5.32 Å². The van der Waals surface area contributed by atoms with Crippen LogP contribution in [0.5, 0.6) is 0 Å². The minimum Gasteiger partial charge on any atom is -0.348 e. The fraction of sp³-hybridized carbons (Fsp3) is 0.375. The van der Waals surface area contributed by atoms with Crippen LogP contribution in [-0.4, -0.2) is 18.6 Å². The van der Waals surface area contributed by atoms with E-state index in [1.807, 2.05) is 0 Å². The second kappa shape index (κ2) is 5.40. The molecule has 0 heterocycles. The van der Waals surface area contributed by atoms with Gasteiger partial charge in [0.1, 0.15) is 0 Å². The molecule has 0 saturated carbocycles. The summed E-state index contributed by atoms with van der Waals surface area (Å²) in [5.41, 5.74) is 0. The molecule has 1 N–H and O–H groups in total. The molecule has 13 heavy (non-hydrogen) atoms. The van der Waals surface area contributed by atoms with E-state index >= 15 is 0 Å². The number of hydrogen-bond donors (Lipinski definition) is 1. The molecule has 0 aromatic heterocycles. The molecule has 0 aliphatic carbocycles. The third-order valence-corrected chi connectivity index (χ3v) is 1.13. The molecule has 1 amide bonds. The number of amides is 1. The molecule has 0 spiro atoms. The van der Waals surface area contributed by atoms with Crippen LogP contribution >= 0.6 is 0 Å². The van der Waals surface area contributed by atoms with E-state index in [4.69, 9.17) is 0 Å². The van der Waals surface area contributed by atoms with Gasteiger partial charge in [-0.2, -0.15) is 13.2 Å². The minimum atomic E-state index is -4.79. The van der Waals surface area contributed by atoms with Gasteiger partial charge in [-0.3, -0.25) is 4.79 Å². The highest BCUT2D eigenvalue weighted by Crippen LogP contribution is 2.13. The monoisotopic (exact) mass is 193 g/mol. The molecule has 0 aliphatic rings. The summed E-state index contributed by atoms with van der Waals surface area (Å²) in [5.74, 6) is -1.90. The quantitative estimate of drug-likeness (QED) is 0.535. The van der Waals surface area contributed by atoms with Crippen molar-refractivity contribution in [1.29, 1.82) is 0 Å². The van der Waals surface area contributed by atoms with Crippen LogP contribution < -0.4 is 5.32 Å². The molecule has 0 atom stereocenters. The Morgan fingerprint density at radius 3 is 2.54 bits per heavy atom. The zero-order valence-corrected chi connectivity index (χ0v) is 6.90. The second-order valence-electron chi connectivity index (χ2n) is 2.21. The molecule has 0 bridgehead atoms. The van der Waals surface area contributed by atoms with E-state index in [9.17, 15) is 18.0 Å². The number of carbonyl (C=O) groups excluding carboxylic acids is 1. The molecule has 74 valence electrons. The van der Waals surface area contributed by atoms with Crippen LogP contribution in [0.15, 0.2) is 24.8 Å². The lowest BCUT2D eigenvalue weighted by atomic mass is 10.3. The van der Waals surface area contributed by atoms with E-state index in [2.05, 4.69) is 6.58 Å². The summed E-state index contributed by atoms with van der Waals surface area (Å²) >= 11 is 0. The van der Waals surface area contributed by atoms with Crippen molar-refractivity contribution in [2.24, 2.45) is 0 Å². The van der Waals surface area contributed by atoms with Gasteiger partial charge in [-0.15, -0.1) is 0 Å². The van der Waals surface area contributed by atoms with Crippen molar-refractivity contribution in [3.05, 3.63) is 24.8 Å². The first-order valence-electron chi connectivity index (χ1n) is 3.61.